The number of rotatable bonds is 10. The summed E-state index contributed by atoms with van der Waals surface area (Å²) in [5, 5.41) is 30.8. The van der Waals surface area contributed by atoms with Crippen LogP contribution in [0.1, 0.15) is 15.9 Å². The lowest BCUT2D eigenvalue weighted by Gasteiger charge is -2.11. The SMILES string of the molecule is Cc1ccc(Nc2c([N+](=O)[O-])cc(C(=O)Nc3ccc(S(=O)(=O)Nc4nc(-c5ccccc5)cs4)cc3)cc2[N+](=O)[O-])cc1. The molecule has 0 aliphatic rings. The molecule has 0 saturated heterocycles. The van der Waals surface area contributed by atoms with E-state index in [0.29, 0.717) is 11.4 Å². The number of carbonyl (C=O) groups is 1. The zero-order valence-electron chi connectivity index (χ0n) is 22.8. The Morgan fingerprint density at radius 3 is 2.02 bits per heavy atom. The molecule has 0 atom stereocenters. The molecule has 13 nitrogen and oxygen atoms in total. The number of sulfonamides is 1. The molecule has 0 saturated carbocycles. The predicted octanol–water partition coefficient (Wildman–Crippen LogP) is 6.73. The molecule has 0 aliphatic heterocycles. The van der Waals surface area contributed by atoms with Crippen molar-refractivity contribution in [2.24, 2.45) is 0 Å². The number of amides is 1. The minimum Gasteiger partial charge on any atom is -0.344 e. The molecule has 5 rings (SSSR count). The minimum absolute atomic E-state index is 0.107. The summed E-state index contributed by atoms with van der Waals surface area (Å²) in [5.41, 5.74) is 0.855. The molecular formula is C29H22N6O7S2. The van der Waals surface area contributed by atoms with Crippen LogP contribution in [0.25, 0.3) is 11.3 Å². The zero-order valence-corrected chi connectivity index (χ0v) is 24.4. The van der Waals surface area contributed by atoms with Gasteiger partial charge in [-0.15, -0.1) is 11.3 Å². The third-order valence-corrected chi connectivity index (χ3v) is 8.53. The first-order chi connectivity index (χ1) is 21.0. The molecule has 5 aromatic rings. The molecule has 0 radical (unpaired) electrons. The highest BCUT2D eigenvalue weighted by atomic mass is 32.2. The van der Waals surface area contributed by atoms with E-state index in [9.17, 15) is 33.4 Å². The van der Waals surface area contributed by atoms with Crippen LogP contribution in [0, 0.1) is 27.2 Å². The van der Waals surface area contributed by atoms with Crippen LogP contribution in [0.2, 0.25) is 0 Å². The lowest BCUT2D eigenvalue weighted by molar-refractivity contribution is -0.392. The molecule has 222 valence electrons. The van der Waals surface area contributed by atoms with E-state index in [1.54, 1.807) is 29.6 Å². The molecule has 3 N–H and O–H groups in total. The summed E-state index contributed by atoms with van der Waals surface area (Å²) >= 11 is 1.12. The van der Waals surface area contributed by atoms with Gasteiger partial charge in [0.05, 0.1) is 26.0 Å². The van der Waals surface area contributed by atoms with Gasteiger partial charge >= 0.3 is 11.4 Å². The Morgan fingerprint density at radius 2 is 1.43 bits per heavy atom. The molecule has 1 amide bonds. The summed E-state index contributed by atoms with van der Waals surface area (Å²) in [6.45, 7) is 1.84. The highest BCUT2D eigenvalue weighted by molar-refractivity contribution is 7.93. The Labute approximate surface area is 254 Å². The van der Waals surface area contributed by atoms with Gasteiger partial charge in [-0.05, 0) is 43.3 Å². The van der Waals surface area contributed by atoms with Gasteiger partial charge in [0, 0.05) is 34.5 Å². The van der Waals surface area contributed by atoms with Gasteiger partial charge in [0.15, 0.2) is 10.8 Å². The molecule has 0 spiro atoms. The third kappa shape index (κ3) is 6.69. The van der Waals surface area contributed by atoms with Crippen LogP contribution < -0.4 is 15.4 Å². The van der Waals surface area contributed by atoms with Gasteiger partial charge in [-0.25, -0.2) is 13.4 Å². The number of hydrogen-bond donors (Lipinski definition) is 3. The van der Waals surface area contributed by atoms with Crippen molar-refractivity contribution in [3.8, 4) is 11.3 Å². The Bertz CT molecular complexity index is 1940. The highest BCUT2D eigenvalue weighted by Crippen LogP contribution is 2.38. The number of nitrogens with one attached hydrogen (secondary N) is 3. The molecule has 4 aromatic carbocycles. The Kier molecular flexibility index (Phi) is 8.32. The number of nitro benzene ring substituents is 2. The number of hydrogen-bond acceptors (Lipinski definition) is 10. The number of thiazole rings is 1. The van der Waals surface area contributed by atoms with Crippen LogP contribution >= 0.6 is 11.3 Å². The van der Waals surface area contributed by atoms with Crippen molar-refractivity contribution >= 4 is 60.8 Å². The number of aryl methyl sites for hydroxylation is 1. The topological polar surface area (TPSA) is 186 Å². The van der Waals surface area contributed by atoms with Crippen LogP contribution in [0.3, 0.4) is 0 Å². The van der Waals surface area contributed by atoms with Gasteiger partial charge in [0.1, 0.15) is 0 Å². The molecule has 15 heteroatoms. The van der Waals surface area contributed by atoms with Gasteiger partial charge in [-0.3, -0.25) is 29.7 Å². The van der Waals surface area contributed by atoms with Crippen molar-refractivity contribution < 1.29 is 23.1 Å². The first kappa shape index (κ1) is 29.8. The summed E-state index contributed by atoms with van der Waals surface area (Å²) in [7, 11) is -4.01. The fourth-order valence-electron chi connectivity index (χ4n) is 4.10. The van der Waals surface area contributed by atoms with E-state index >= 15 is 0 Å². The van der Waals surface area contributed by atoms with E-state index in [2.05, 4.69) is 20.3 Å². The second kappa shape index (κ2) is 12.3. The van der Waals surface area contributed by atoms with E-state index in [1.807, 2.05) is 37.3 Å². The number of nitro groups is 2. The van der Waals surface area contributed by atoms with E-state index in [4.69, 9.17) is 0 Å². The number of aromatic nitrogens is 1. The van der Waals surface area contributed by atoms with Crippen LogP contribution in [-0.4, -0.2) is 29.2 Å². The molecule has 1 heterocycles. The first-order valence-electron chi connectivity index (χ1n) is 12.8. The van der Waals surface area contributed by atoms with E-state index in [-0.39, 0.29) is 27.0 Å². The van der Waals surface area contributed by atoms with E-state index < -0.39 is 37.2 Å². The average Bonchev–Trinajstić information content (AvgIpc) is 3.46. The van der Waals surface area contributed by atoms with E-state index in [0.717, 1.165) is 34.6 Å². The first-order valence-corrected chi connectivity index (χ1v) is 15.1. The molecular weight excluding hydrogens is 608 g/mol. The number of anilines is 4. The summed E-state index contributed by atoms with van der Waals surface area (Å²) in [5.74, 6) is -0.872. The second-order valence-electron chi connectivity index (χ2n) is 9.38. The number of benzene rings is 4. The lowest BCUT2D eigenvalue weighted by atomic mass is 10.1. The normalized spacial score (nSPS) is 11.0. The maximum atomic E-state index is 13.0. The Balaban J connectivity index is 1.34. The highest BCUT2D eigenvalue weighted by Gasteiger charge is 2.29. The standard InChI is InChI=1S/C29H22N6O7S2/c1-18-7-9-21(10-8-18)30-27-25(34(37)38)15-20(16-26(27)35(39)40)28(36)31-22-11-13-23(14-12-22)44(41,42)33-29-32-24(17-43-29)19-5-3-2-4-6-19/h2-17,30H,1H3,(H,31,36)(H,32,33). The molecule has 0 unspecified atom stereocenters. The third-order valence-electron chi connectivity index (χ3n) is 6.29. The van der Waals surface area contributed by atoms with Gasteiger partial charge in [-0.1, -0.05) is 48.0 Å². The lowest BCUT2D eigenvalue weighted by Crippen LogP contribution is -2.15. The monoisotopic (exact) mass is 630 g/mol. The summed E-state index contributed by atoms with van der Waals surface area (Å²) in [6.07, 6.45) is 0. The molecule has 0 aliphatic carbocycles. The van der Waals surface area contributed by atoms with Gasteiger partial charge in [-0.2, -0.15) is 0 Å². The maximum Gasteiger partial charge on any atom is 0.300 e. The van der Waals surface area contributed by atoms with Gasteiger partial charge < -0.3 is 10.6 Å². The molecule has 0 bridgehead atoms. The summed E-state index contributed by atoms with van der Waals surface area (Å²) in [6, 6.07) is 23.0. The predicted molar refractivity (Wildman–Crippen MR) is 167 cm³/mol. The fourth-order valence-corrected chi connectivity index (χ4v) is 6.07. The molecule has 1 aromatic heterocycles. The van der Waals surface area contributed by atoms with Crippen molar-refractivity contribution in [1.82, 2.24) is 4.98 Å². The van der Waals surface area contributed by atoms with Crippen LogP contribution in [0.5, 0.6) is 0 Å². The Morgan fingerprint density at radius 1 is 0.841 bits per heavy atom. The van der Waals surface area contributed by atoms with Crippen molar-refractivity contribution in [2.75, 3.05) is 15.4 Å². The van der Waals surface area contributed by atoms with Crippen LogP contribution in [-0.2, 0) is 10.0 Å². The van der Waals surface area contributed by atoms with Crippen LogP contribution in [0.15, 0.2) is 101 Å². The second-order valence-corrected chi connectivity index (χ2v) is 11.9. The molecule has 0 fully saturated rings. The van der Waals surface area contributed by atoms with Crippen molar-refractivity contribution in [3.63, 3.8) is 0 Å². The van der Waals surface area contributed by atoms with E-state index in [1.165, 1.54) is 24.3 Å². The fraction of sp³-hybridized carbons (Fsp3) is 0.0345. The van der Waals surface area contributed by atoms with Crippen molar-refractivity contribution in [3.05, 3.63) is 128 Å². The minimum atomic E-state index is -4.01. The zero-order chi connectivity index (χ0) is 31.4. The largest absolute Gasteiger partial charge is 0.344 e. The quantitative estimate of drug-likeness (QED) is 0.111. The summed E-state index contributed by atoms with van der Waals surface area (Å²) in [4.78, 5) is 39.3. The summed E-state index contributed by atoms with van der Waals surface area (Å²) < 4.78 is 28.3. The average molecular weight is 631 g/mol. The van der Waals surface area contributed by atoms with Crippen LogP contribution in [0.4, 0.5) is 33.6 Å². The van der Waals surface area contributed by atoms with Crippen molar-refractivity contribution in [1.29, 1.82) is 0 Å². The van der Waals surface area contributed by atoms with Crippen molar-refractivity contribution in [2.45, 2.75) is 11.8 Å². The molecule has 44 heavy (non-hydrogen) atoms. The number of carbonyl (C=O) groups excluding carboxylic acids is 1. The van der Waals surface area contributed by atoms with Gasteiger partial charge in [0.25, 0.3) is 15.9 Å². The Hall–Kier alpha value is -5.67. The maximum absolute atomic E-state index is 13.0. The number of nitrogens with zero attached hydrogens (tertiary/aromatic N) is 3. The van der Waals surface area contributed by atoms with Gasteiger partial charge in [0.2, 0.25) is 0 Å². The smallest absolute Gasteiger partial charge is 0.300 e.